The molecule has 1 N–H and O–H groups in total. The van der Waals surface area contributed by atoms with Gasteiger partial charge in [0.15, 0.2) is 11.5 Å². The summed E-state index contributed by atoms with van der Waals surface area (Å²) in [4.78, 5) is 0. The molecule has 2 aliphatic rings. The first-order valence-electron chi connectivity index (χ1n) is 5.79. The predicted octanol–water partition coefficient (Wildman–Crippen LogP) is 2.88. The van der Waals surface area contributed by atoms with Crippen LogP contribution in [0.25, 0.3) is 0 Å². The van der Waals surface area contributed by atoms with Crippen LogP contribution in [0.15, 0.2) is 24.3 Å². The van der Waals surface area contributed by atoms with Gasteiger partial charge in [0, 0.05) is 12.6 Å². The first-order valence-corrected chi connectivity index (χ1v) is 6.17. The zero-order chi connectivity index (χ0) is 11.7. The van der Waals surface area contributed by atoms with Crippen LogP contribution in [0.5, 0.6) is 11.5 Å². The maximum Gasteiger partial charge on any atom is 0.231 e. The maximum atomic E-state index is 6.13. The number of hydrogen-bond acceptors (Lipinski definition) is 3. The summed E-state index contributed by atoms with van der Waals surface area (Å²) in [6.45, 7) is 1.07. The van der Waals surface area contributed by atoms with Crippen molar-refractivity contribution >= 4 is 11.6 Å². The fraction of sp³-hybridized carbons (Fsp3) is 0.385. The lowest BCUT2D eigenvalue weighted by molar-refractivity contribution is 0.174. The molecule has 1 aliphatic heterocycles. The van der Waals surface area contributed by atoms with E-state index < -0.39 is 0 Å². The summed E-state index contributed by atoms with van der Waals surface area (Å²) in [7, 11) is 0. The van der Waals surface area contributed by atoms with E-state index in [9.17, 15) is 0 Å². The molecule has 17 heavy (non-hydrogen) atoms. The lowest BCUT2D eigenvalue weighted by Gasteiger charge is -2.12. The van der Waals surface area contributed by atoms with E-state index in [0.717, 1.165) is 30.7 Å². The Hall–Kier alpha value is -1.19. The van der Waals surface area contributed by atoms with Gasteiger partial charge in [-0.25, -0.2) is 0 Å². The minimum Gasteiger partial charge on any atom is -0.454 e. The molecule has 0 aromatic heterocycles. The largest absolute Gasteiger partial charge is 0.454 e. The Labute approximate surface area is 105 Å². The Morgan fingerprint density at radius 2 is 2.06 bits per heavy atom. The summed E-state index contributed by atoms with van der Waals surface area (Å²) >= 11 is 6.13. The topological polar surface area (TPSA) is 30.5 Å². The Balaban J connectivity index is 1.69. The van der Waals surface area contributed by atoms with E-state index in [1.165, 1.54) is 0 Å². The minimum absolute atomic E-state index is 0.262. The Morgan fingerprint density at radius 1 is 1.24 bits per heavy atom. The van der Waals surface area contributed by atoms with Crippen LogP contribution >= 0.6 is 11.6 Å². The number of rotatable bonds is 3. The van der Waals surface area contributed by atoms with Crippen molar-refractivity contribution < 1.29 is 9.47 Å². The van der Waals surface area contributed by atoms with Crippen molar-refractivity contribution in [1.82, 2.24) is 5.32 Å². The lowest BCUT2D eigenvalue weighted by atomic mass is 10.1. The molecule has 0 bridgehead atoms. The van der Waals surface area contributed by atoms with Crippen LogP contribution in [0.3, 0.4) is 0 Å². The average molecular weight is 252 g/mol. The molecule has 0 fully saturated rings. The lowest BCUT2D eigenvalue weighted by Crippen LogP contribution is -2.25. The molecule has 0 atom stereocenters. The van der Waals surface area contributed by atoms with Gasteiger partial charge < -0.3 is 14.8 Å². The zero-order valence-electron chi connectivity index (χ0n) is 9.41. The third-order valence-corrected chi connectivity index (χ3v) is 3.37. The van der Waals surface area contributed by atoms with Crippen molar-refractivity contribution in [2.24, 2.45) is 0 Å². The quantitative estimate of drug-likeness (QED) is 0.838. The van der Waals surface area contributed by atoms with Gasteiger partial charge >= 0.3 is 0 Å². The zero-order valence-corrected chi connectivity index (χ0v) is 10.2. The predicted molar refractivity (Wildman–Crippen MR) is 66.6 cm³/mol. The van der Waals surface area contributed by atoms with E-state index in [1.54, 1.807) is 0 Å². The smallest absolute Gasteiger partial charge is 0.231 e. The van der Waals surface area contributed by atoms with Crippen LogP contribution in [0.1, 0.15) is 18.4 Å². The first-order chi connectivity index (χ1) is 8.33. The minimum atomic E-state index is 0.262. The molecular formula is C13H14ClNO2. The van der Waals surface area contributed by atoms with Crippen LogP contribution in [-0.2, 0) is 6.54 Å². The van der Waals surface area contributed by atoms with E-state index in [0.29, 0.717) is 16.8 Å². The summed E-state index contributed by atoms with van der Waals surface area (Å²) in [5.41, 5.74) is 1.13. The molecule has 1 aromatic rings. The number of fused-ring (bicyclic) bond motifs is 1. The molecule has 4 heteroatoms. The SMILES string of the molecule is Clc1cc(CNC2CC=CC2)cc2c1OCO2. The first kappa shape index (κ1) is 10.9. The highest BCUT2D eigenvalue weighted by molar-refractivity contribution is 6.32. The third-order valence-electron chi connectivity index (χ3n) is 3.09. The molecule has 0 saturated carbocycles. The summed E-state index contributed by atoms with van der Waals surface area (Å²) in [6.07, 6.45) is 6.64. The van der Waals surface area contributed by atoms with Gasteiger partial charge in [-0.3, -0.25) is 0 Å². The van der Waals surface area contributed by atoms with Crippen molar-refractivity contribution in [3.8, 4) is 11.5 Å². The molecular weight excluding hydrogens is 238 g/mol. The Kier molecular flexibility index (Phi) is 2.95. The molecule has 3 nitrogen and oxygen atoms in total. The van der Waals surface area contributed by atoms with Crippen LogP contribution in [0.4, 0.5) is 0 Å². The number of hydrogen-bond donors (Lipinski definition) is 1. The molecule has 0 radical (unpaired) electrons. The van der Waals surface area contributed by atoms with E-state index in [1.807, 2.05) is 12.1 Å². The fourth-order valence-electron chi connectivity index (χ4n) is 2.17. The number of halogens is 1. The molecule has 3 rings (SSSR count). The van der Waals surface area contributed by atoms with Crippen LogP contribution in [-0.4, -0.2) is 12.8 Å². The fourth-order valence-corrected chi connectivity index (χ4v) is 2.46. The van der Waals surface area contributed by atoms with E-state index in [4.69, 9.17) is 21.1 Å². The van der Waals surface area contributed by atoms with Crippen LogP contribution in [0.2, 0.25) is 5.02 Å². The van der Waals surface area contributed by atoms with Crippen molar-refractivity contribution in [3.63, 3.8) is 0 Å². The van der Waals surface area contributed by atoms with E-state index in [-0.39, 0.29) is 6.79 Å². The van der Waals surface area contributed by atoms with Gasteiger partial charge in [-0.2, -0.15) is 0 Å². The number of nitrogens with one attached hydrogen (secondary N) is 1. The standard InChI is InChI=1S/C13H14ClNO2/c14-11-5-9(6-12-13(11)17-8-16-12)7-15-10-3-1-2-4-10/h1-2,5-6,10,15H,3-4,7-8H2. The van der Waals surface area contributed by atoms with Crippen LogP contribution < -0.4 is 14.8 Å². The summed E-state index contributed by atoms with van der Waals surface area (Å²) in [5, 5.41) is 4.13. The monoisotopic (exact) mass is 251 g/mol. The van der Waals surface area contributed by atoms with Crippen molar-refractivity contribution in [1.29, 1.82) is 0 Å². The Morgan fingerprint density at radius 3 is 2.88 bits per heavy atom. The van der Waals surface area contributed by atoms with Gasteiger partial charge in [-0.05, 0) is 30.5 Å². The van der Waals surface area contributed by atoms with Gasteiger partial charge in [0.1, 0.15) is 0 Å². The van der Waals surface area contributed by atoms with Crippen LogP contribution in [0, 0.1) is 0 Å². The molecule has 1 aromatic carbocycles. The summed E-state index contributed by atoms with van der Waals surface area (Å²) < 4.78 is 10.6. The normalized spacial score (nSPS) is 17.9. The summed E-state index contributed by atoms with van der Waals surface area (Å²) in [5.74, 6) is 1.41. The molecule has 1 heterocycles. The Bertz CT molecular complexity index is 451. The van der Waals surface area contributed by atoms with E-state index >= 15 is 0 Å². The highest BCUT2D eigenvalue weighted by Crippen LogP contribution is 2.39. The van der Waals surface area contributed by atoms with Crippen molar-refractivity contribution in [2.45, 2.75) is 25.4 Å². The molecule has 0 amide bonds. The highest BCUT2D eigenvalue weighted by Gasteiger charge is 2.18. The number of benzene rings is 1. The number of ether oxygens (including phenoxy) is 2. The average Bonchev–Trinajstić information content (AvgIpc) is 2.97. The second-order valence-corrected chi connectivity index (χ2v) is 4.74. The second-order valence-electron chi connectivity index (χ2n) is 4.33. The molecule has 0 saturated heterocycles. The van der Waals surface area contributed by atoms with E-state index in [2.05, 4.69) is 17.5 Å². The van der Waals surface area contributed by atoms with Crippen molar-refractivity contribution in [2.75, 3.05) is 6.79 Å². The van der Waals surface area contributed by atoms with Gasteiger partial charge in [-0.15, -0.1) is 0 Å². The third kappa shape index (κ3) is 2.26. The molecule has 0 unspecified atom stereocenters. The molecule has 0 spiro atoms. The molecule has 1 aliphatic carbocycles. The van der Waals surface area contributed by atoms with Gasteiger partial charge in [-0.1, -0.05) is 23.8 Å². The van der Waals surface area contributed by atoms with Crippen molar-refractivity contribution in [3.05, 3.63) is 34.9 Å². The van der Waals surface area contributed by atoms with Gasteiger partial charge in [0.25, 0.3) is 0 Å². The molecule has 90 valence electrons. The van der Waals surface area contributed by atoms with Gasteiger partial charge in [0.2, 0.25) is 6.79 Å². The highest BCUT2D eigenvalue weighted by atomic mass is 35.5. The second kappa shape index (κ2) is 4.59. The summed E-state index contributed by atoms with van der Waals surface area (Å²) in [6, 6.07) is 4.48. The van der Waals surface area contributed by atoms with Gasteiger partial charge in [0.05, 0.1) is 5.02 Å². The maximum absolute atomic E-state index is 6.13.